The van der Waals surface area contributed by atoms with Crippen LogP contribution in [0, 0.1) is 0 Å². The Kier molecular flexibility index (Phi) is 5.30. The second kappa shape index (κ2) is 8.19. The smallest absolute Gasteiger partial charge is 0.322 e. The molecule has 0 unspecified atom stereocenters. The fourth-order valence-electron chi connectivity index (χ4n) is 2.98. The normalized spacial score (nSPS) is 10.8. The Morgan fingerprint density at radius 3 is 2.11 bits per heavy atom. The van der Waals surface area contributed by atoms with Gasteiger partial charge >= 0.3 is 6.01 Å². The molecule has 4 rings (SSSR count). The van der Waals surface area contributed by atoms with E-state index in [0.29, 0.717) is 5.89 Å². The van der Waals surface area contributed by atoms with E-state index in [1.807, 2.05) is 84.9 Å². The molecule has 4 aromatic rings. The Bertz CT molecular complexity index is 1040. The molecule has 0 atom stereocenters. The van der Waals surface area contributed by atoms with Crippen LogP contribution in [-0.2, 0) is 4.79 Å². The van der Waals surface area contributed by atoms with Crippen LogP contribution in [0.1, 0.15) is 17.0 Å². The Morgan fingerprint density at radius 2 is 1.50 bits per heavy atom. The number of hydrogen-bond acceptors (Lipinski definition) is 4. The van der Waals surface area contributed by atoms with Gasteiger partial charge in [0.2, 0.25) is 11.8 Å². The maximum absolute atomic E-state index is 13.1. The van der Waals surface area contributed by atoms with Gasteiger partial charge in [0.1, 0.15) is 0 Å². The van der Waals surface area contributed by atoms with Crippen LogP contribution in [0.25, 0.3) is 11.5 Å². The monoisotopic (exact) mass is 433 g/mol. The van der Waals surface area contributed by atoms with Crippen LogP contribution in [0.15, 0.2) is 93.8 Å². The maximum atomic E-state index is 13.1. The summed E-state index contributed by atoms with van der Waals surface area (Å²) < 4.78 is 6.55. The van der Waals surface area contributed by atoms with Gasteiger partial charge in [-0.3, -0.25) is 10.1 Å². The molecule has 28 heavy (non-hydrogen) atoms. The largest absolute Gasteiger partial charge is 0.403 e. The number of nitrogens with zero attached hydrogens (tertiary/aromatic N) is 2. The van der Waals surface area contributed by atoms with Crippen molar-refractivity contribution in [2.75, 3.05) is 5.32 Å². The summed E-state index contributed by atoms with van der Waals surface area (Å²) in [6.07, 6.45) is 0. The zero-order chi connectivity index (χ0) is 19.3. The number of halogens is 1. The molecule has 0 radical (unpaired) electrons. The van der Waals surface area contributed by atoms with Crippen LogP contribution in [0.5, 0.6) is 0 Å². The van der Waals surface area contributed by atoms with Crippen molar-refractivity contribution in [3.8, 4) is 11.5 Å². The van der Waals surface area contributed by atoms with Gasteiger partial charge in [-0.2, -0.15) is 0 Å². The number of amides is 1. The van der Waals surface area contributed by atoms with E-state index in [-0.39, 0.29) is 11.9 Å². The van der Waals surface area contributed by atoms with Crippen LogP contribution in [0.3, 0.4) is 0 Å². The van der Waals surface area contributed by atoms with Crippen molar-refractivity contribution < 1.29 is 9.21 Å². The molecule has 5 nitrogen and oxygen atoms in total. The predicted molar refractivity (Wildman–Crippen MR) is 111 cm³/mol. The second-order valence-corrected chi connectivity index (χ2v) is 7.08. The zero-order valence-electron chi connectivity index (χ0n) is 14.7. The number of nitrogens with one attached hydrogen (secondary N) is 1. The minimum atomic E-state index is -0.483. The van der Waals surface area contributed by atoms with Gasteiger partial charge < -0.3 is 4.42 Å². The van der Waals surface area contributed by atoms with E-state index in [1.54, 1.807) is 0 Å². The fraction of sp³-hybridized carbons (Fsp3) is 0.0455. The van der Waals surface area contributed by atoms with Crippen LogP contribution in [0.2, 0.25) is 0 Å². The summed E-state index contributed by atoms with van der Waals surface area (Å²) in [4.78, 5) is 13.1. The van der Waals surface area contributed by atoms with E-state index < -0.39 is 5.92 Å². The summed E-state index contributed by atoms with van der Waals surface area (Å²) in [5, 5.41) is 10.8. The van der Waals surface area contributed by atoms with E-state index in [9.17, 15) is 4.79 Å². The zero-order valence-corrected chi connectivity index (χ0v) is 16.3. The summed E-state index contributed by atoms with van der Waals surface area (Å²) in [6, 6.07) is 26.8. The van der Waals surface area contributed by atoms with Crippen molar-refractivity contribution in [2.45, 2.75) is 5.92 Å². The van der Waals surface area contributed by atoms with Gasteiger partial charge in [-0.15, -0.1) is 5.10 Å². The number of carbonyl (C=O) groups excluding carboxylic acids is 1. The molecular formula is C22H16BrN3O2. The third kappa shape index (κ3) is 4.02. The number of carbonyl (C=O) groups is 1. The molecule has 0 spiro atoms. The van der Waals surface area contributed by atoms with Crippen LogP contribution < -0.4 is 5.32 Å². The van der Waals surface area contributed by atoms with Gasteiger partial charge in [0.25, 0.3) is 0 Å². The fourth-order valence-corrected chi connectivity index (χ4v) is 3.37. The molecule has 0 saturated carbocycles. The molecule has 3 aromatic carbocycles. The molecule has 1 heterocycles. The Morgan fingerprint density at radius 1 is 0.857 bits per heavy atom. The number of anilines is 1. The van der Waals surface area contributed by atoms with Crippen LogP contribution in [-0.4, -0.2) is 16.1 Å². The first-order chi connectivity index (χ1) is 13.7. The lowest BCUT2D eigenvalue weighted by molar-refractivity contribution is -0.116. The Hall–Kier alpha value is -3.25. The van der Waals surface area contributed by atoms with Crippen molar-refractivity contribution in [1.82, 2.24) is 10.2 Å². The molecular weight excluding hydrogens is 418 g/mol. The SMILES string of the molecule is O=C(Nc1nnc(-c2cccc(Br)c2)o1)C(c1ccccc1)c1ccccc1. The first-order valence-electron chi connectivity index (χ1n) is 8.71. The van der Waals surface area contributed by atoms with Gasteiger partial charge in [-0.1, -0.05) is 87.8 Å². The highest BCUT2D eigenvalue weighted by Gasteiger charge is 2.24. The van der Waals surface area contributed by atoms with Crippen molar-refractivity contribution in [2.24, 2.45) is 0 Å². The van der Waals surface area contributed by atoms with Gasteiger partial charge in [0, 0.05) is 10.0 Å². The minimum absolute atomic E-state index is 0.0665. The predicted octanol–water partition coefficient (Wildman–Crippen LogP) is 5.27. The molecule has 0 aliphatic heterocycles. The lowest BCUT2D eigenvalue weighted by Gasteiger charge is -2.16. The van der Waals surface area contributed by atoms with Crippen LogP contribution in [0.4, 0.5) is 6.01 Å². The molecule has 6 heteroatoms. The third-order valence-corrected chi connectivity index (χ3v) is 4.75. The van der Waals surface area contributed by atoms with Gasteiger partial charge in [0.15, 0.2) is 0 Å². The quantitative estimate of drug-likeness (QED) is 0.465. The average Bonchev–Trinajstić information content (AvgIpc) is 3.18. The van der Waals surface area contributed by atoms with Gasteiger partial charge in [0.05, 0.1) is 5.92 Å². The number of rotatable bonds is 5. The minimum Gasteiger partial charge on any atom is -0.403 e. The molecule has 0 saturated heterocycles. The van der Waals surface area contributed by atoms with Crippen molar-refractivity contribution in [1.29, 1.82) is 0 Å². The van der Waals surface area contributed by atoms with Crippen molar-refractivity contribution in [3.63, 3.8) is 0 Å². The molecule has 0 aliphatic carbocycles. The highest BCUT2D eigenvalue weighted by atomic mass is 79.9. The summed E-state index contributed by atoms with van der Waals surface area (Å²) in [5.74, 6) is -0.377. The van der Waals surface area contributed by atoms with Crippen molar-refractivity contribution >= 4 is 27.9 Å². The molecule has 1 aromatic heterocycles. The lowest BCUT2D eigenvalue weighted by Crippen LogP contribution is -2.22. The summed E-state index contributed by atoms with van der Waals surface area (Å²) in [6.45, 7) is 0. The molecule has 1 N–H and O–H groups in total. The number of hydrogen-bond donors (Lipinski definition) is 1. The topological polar surface area (TPSA) is 68.0 Å². The molecule has 0 aliphatic rings. The van der Waals surface area contributed by atoms with Gasteiger partial charge in [-0.05, 0) is 29.3 Å². The van der Waals surface area contributed by atoms with E-state index in [0.717, 1.165) is 21.2 Å². The lowest BCUT2D eigenvalue weighted by atomic mass is 9.90. The maximum Gasteiger partial charge on any atom is 0.322 e. The highest BCUT2D eigenvalue weighted by Crippen LogP contribution is 2.27. The number of aromatic nitrogens is 2. The highest BCUT2D eigenvalue weighted by molar-refractivity contribution is 9.10. The standard InChI is InChI=1S/C22H16BrN3O2/c23-18-13-7-12-17(14-18)21-25-26-22(28-21)24-20(27)19(15-8-3-1-4-9-15)16-10-5-2-6-11-16/h1-14,19H,(H,24,26,27). The van der Waals surface area contributed by atoms with Crippen molar-refractivity contribution in [3.05, 3.63) is 101 Å². The van der Waals surface area contributed by atoms with E-state index >= 15 is 0 Å². The molecule has 138 valence electrons. The Labute approximate surface area is 170 Å². The number of benzene rings is 3. The van der Waals surface area contributed by atoms with Crippen LogP contribution >= 0.6 is 15.9 Å². The molecule has 1 amide bonds. The average molecular weight is 434 g/mol. The van der Waals surface area contributed by atoms with Gasteiger partial charge in [-0.25, -0.2) is 0 Å². The first-order valence-corrected chi connectivity index (χ1v) is 9.50. The Balaban J connectivity index is 1.60. The molecule has 0 fully saturated rings. The summed E-state index contributed by atoms with van der Waals surface area (Å²) in [5.41, 5.74) is 2.54. The third-order valence-electron chi connectivity index (χ3n) is 4.25. The van der Waals surface area contributed by atoms with E-state index in [4.69, 9.17) is 4.42 Å². The van der Waals surface area contributed by atoms with E-state index in [1.165, 1.54) is 0 Å². The summed E-state index contributed by atoms with van der Waals surface area (Å²) in [7, 11) is 0. The molecule has 0 bridgehead atoms. The van der Waals surface area contributed by atoms with E-state index in [2.05, 4.69) is 31.4 Å². The first kappa shape index (κ1) is 18.1. The second-order valence-electron chi connectivity index (χ2n) is 6.17. The summed E-state index contributed by atoms with van der Waals surface area (Å²) >= 11 is 3.42.